The molecule has 4 heteroatoms. The van der Waals surface area contributed by atoms with E-state index in [-0.39, 0.29) is 6.04 Å². The summed E-state index contributed by atoms with van der Waals surface area (Å²) >= 11 is 0. The minimum Gasteiger partial charge on any atom is -0.335 e. The van der Waals surface area contributed by atoms with Crippen LogP contribution in [0.25, 0.3) is 0 Å². The van der Waals surface area contributed by atoms with Gasteiger partial charge in [-0.1, -0.05) is 30.3 Å². The van der Waals surface area contributed by atoms with E-state index in [2.05, 4.69) is 52.5 Å². The van der Waals surface area contributed by atoms with Crippen molar-refractivity contribution in [1.29, 1.82) is 0 Å². The fourth-order valence-corrected chi connectivity index (χ4v) is 4.79. The maximum atomic E-state index is 13.1. The Bertz CT molecular complexity index is 776. The number of aryl methyl sites for hydroxylation is 2. The molecule has 4 nitrogen and oxygen atoms in total. The molecule has 2 saturated heterocycles. The summed E-state index contributed by atoms with van der Waals surface area (Å²) in [5.41, 5.74) is 3.88. The molecule has 27 heavy (non-hydrogen) atoms. The van der Waals surface area contributed by atoms with Gasteiger partial charge in [0.15, 0.2) is 0 Å². The average molecular weight is 364 g/mol. The van der Waals surface area contributed by atoms with Crippen LogP contribution in [0.2, 0.25) is 0 Å². The molecule has 2 aliphatic heterocycles. The van der Waals surface area contributed by atoms with Crippen molar-refractivity contribution >= 4 is 5.91 Å². The number of nitrogens with one attached hydrogen (secondary N) is 1. The van der Waals surface area contributed by atoms with E-state index in [0.29, 0.717) is 24.2 Å². The van der Waals surface area contributed by atoms with Crippen LogP contribution in [-0.4, -0.2) is 35.4 Å². The molecule has 3 atom stereocenters. The van der Waals surface area contributed by atoms with Crippen molar-refractivity contribution in [3.05, 3.63) is 65.5 Å². The van der Waals surface area contributed by atoms with Gasteiger partial charge in [0.05, 0.1) is 6.04 Å². The maximum Gasteiger partial charge on any atom is 0.223 e. The third kappa shape index (κ3) is 3.91. The predicted octanol–water partition coefficient (Wildman–Crippen LogP) is 3.52. The Balaban J connectivity index is 1.40. The molecular formula is C23H29N3O. The number of likely N-dealkylation sites (tertiary alicyclic amines) is 1. The molecule has 1 aromatic carbocycles. The molecule has 2 fully saturated rings. The van der Waals surface area contributed by atoms with Gasteiger partial charge in [-0.3, -0.25) is 9.78 Å². The number of carbonyl (C=O) groups excluding carboxylic acids is 1. The van der Waals surface area contributed by atoms with Crippen LogP contribution in [0.3, 0.4) is 0 Å². The highest BCUT2D eigenvalue weighted by Gasteiger charge is 2.46. The Kier molecular flexibility index (Phi) is 5.53. The number of amides is 1. The molecule has 2 aliphatic rings. The van der Waals surface area contributed by atoms with E-state index in [9.17, 15) is 4.79 Å². The Labute approximate surface area is 162 Å². The van der Waals surface area contributed by atoms with E-state index in [4.69, 9.17) is 0 Å². The van der Waals surface area contributed by atoms with Crippen molar-refractivity contribution in [3.8, 4) is 0 Å². The summed E-state index contributed by atoms with van der Waals surface area (Å²) in [7, 11) is 0. The van der Waals surface area contributed by atoms with Gasteiger partial charge < -0.3 is 10.2 Å². The fraction of sp³-hybridized carbons (Fsp3) is 0.478. The average Bonchev–Trinajstić information content (AvgIpc) is 3.28. The van der Waals surface area contributed by atoms with Crippen molar-refractivity contribution in [2.24, 2.45) is 11.8 Å². The van der Waals surface area contributed by atoms with Gasteiger partial charge in [0.1, 0.15) is 0 Å². The number of pyridine rings is 1. The SMILES string of the molecule is Cc1ccccc1[C@H]1[C@H]2CNC[C@H]2CN1C(=O)CCCCc1cccnc1. The third-order valence-electron chi connectivity index (χ3n) is 6.22. The Morgan fingerprint density at radius 1 is 1.19 bits per heavy atom. The second-order valence-corrected chi connectivity index (χ2v) is 8.00. The lowest BCUT2D eigenvalue weighted by Gasteiger charge is -2.29. The largest absolute Gasteiger partial charge is 0.335 e. The van der Waals surface area contributed by atoms with Crippen molar-refractivity contribution < 1.29 is 4.79 Å². The summed E-state index contributed by atoms with van der Waals surface area (Å²) in [5.74, 6) is 1.46. The molecule has 2 aromatic rings. The third-order valence-corrected chi connectivity index (χ3v) is 6.22. The number of nitrogens with zero attached hydrogens (tertiary/aromatic N) is 2. The first-order valence-corrected chi connectivity index (χ1v) is 10.2. The molecule has 142 valence electrons. The number of hydrogen-bond donors (Lipinski definition) is 1. The number of fused-ring (bicyclic) bond motifs is 1. The molecule has 1 aromatic heterocycles. The topological polar surface area (TPSA) is 45.2 Å². The summed E-state index contributed by atoms with van der Waals surface area (Å²) in [4.78, 5) is 19.4. The molecule has 4 rings (SSSR count). The second-order valence-electron chi connectivity index (χ2n) is 8.00. The maximum absolute atomic E-state index is 13.1. The summed E-state index contributed by atoms with van der Waals surface area (Å²) in [6.07, 6.45) is 7.35. The van der Waals surface area contributed by atoms with Gasteiger partial charge in [-0.2, -0.15) is 0 Å². The first-order valence-electron chi connectivity index (χ1n) is 10.2. The summed E-state index contributed by atoms with van der Waals surface area (Å²) < 4.78 is 0. The summed E-state index contributed by atoms with van der Waals surface area (Å²) in [5, 5.41) is 3.53. The zero-order chi connectivity index (χ0) is 18.6. The van der Waals surface area contributed by atoms with Gasteiger partial charge in [-0.05, 0) is 54.9 Å². The van der Waals surface area contributed by atoms with Crippen LogP contribution < -0.4 is 5.32 Å². The number of aromatic nitrogens is 1. The molecule has 1 amide bonds. The first-order chi connectivity index (χ1) is 13.2. The van der Waals surface area contributed by atoms with Gasteiger partial charge in [0.25, 0.3) is 0 Å². The van der Waals surface area contributed by atoms with Crippen molar-refractivity contribution in [1.82, 2.24) is 15.2 Å². The van der Waals surface area contributed by atoms with E-state index in [0.717, 1.165) is 38.9 Å². The number of carbonyl (C=O) groups is 1. The Hall–Kier alpha value is -2.20. The Morgan fingerprint density at radius 3 is 2.89 bits per heavy atom. The summed E-state index contributed by atoms with van der Waals surface area (Å²) in [6.45, 7) is 5.13. The highest BCUT2D eigenvalue weighted by atomic mass is 16.2. The van der Waals surface area contributed by atoms with Crippen LogP contribution in [0.4, 0.5) is 0 Å². The van der Waals surface area contributed by atoms with Gasteiger partial charge in [0.2, 0.25) is 5.91 Å². The lowest BCUT2D eigenvalue weighted by Crippen LogP contribution is -2.34. The first kappa shape index (κ1) is 18.2. The molecule has 0 aliphatic carbocycles. The second kappa shape index (κ2) is 8.22. The molecule has 0 radical (unpaired) electrons. The van der Waals surface area contributed by atoms with Crippen molar-refractivity contribution in [2.75, 3.05) is 19.6 Å². The number of benzene rings is 1. The van der Waals surface area contributed by atoms with Gasteiger partial charge in [-0.15, -0.1) is 0 Å². The summed E-state index contributed by atoms with van der Waals surface area (Å²) in [6, 6.07) is 12.9. The molecule has 0 bridgehead atoms. The lowest BCUT2D eigenvalue weighted by molar-refractivity contribution is -0.132. The standard InChI is InChI=1S/C23H29N3O/c1-17-7-2-4-10-20(17)23-21-15-25-14-19(21)16-26(23)22(27)11-5-3-8-18-9-6-12-24-13-18/h2,4,6-7,9-10,12-13,19,21,23,25H,3,5,8,11,14-16H2,1H3/t19-,21-,23-/m0/s1. The van der Waals surface area contributed by atoms with Crippen LogP contribution in [-0.2, 0) is 11.2 Å². The van der Waals surface area contributed by atoms with Gasteiger partial charge in [-0.25, -0.2) is 0 Å². The number of rotatable bonds is 6. The minimum absolute atomic E-state index is 0.233. The van der Waals surface area contributed by atoms with Gasteiger partial charge >= 0.3 is 0 Å². The van der Waals surface area contributed by atoms with E-state index in [1.807, 2.05) is 12.3 Å². The van der Waals surface area contributed by atoms with E-state index < -0.39 is 0 Å². The van der Waals surface area contributed by atoms with Crippen molar-refractivity contribution in [2.45, 2.75) is 38.6 Å². The Morgan fingerprint density at radius 2 is 2.07 bits per heavy atom. The highest BCUT2D eigenvalue weighted by molar-refractivity contribution is 5.77. The molecule has 3 heterocycles. The zero-order valence-corrected chi connectivity index (χ0v) is 16.1. The smallest absolute Gasteiger partial charge is 0.223 e. The minimum atomic E-state index is 0.233. The van der Waals surface area contributed by atoms with E-state index in [1.165, 1.54) is 16.7 Å². The molecule has 0 unspecified atom stereocenters. The highest BCUT2D eigenvalue weighted by Crippen LogP contribution is 2.43. The predicted molar refractivity (Wildman–Crippen MR) is 107 cm³/mol. The normalized spacial score (nSPS) is 24.2. The number of hydrogen-bond acceptors (Lipinski definition) is 3. The van der Waals surface area contributed by atoms with Gasteiger partial charge in [0, 0.05) is 44.4 Å². The lowest BCUT2D eigenvalue weighted by atomic mass is 9.87. The van der Waals surface area contributed by atoms with Crippen LogP contribution in [0.5, 0.6) is 0 Å². The van der Waals surface area contributed by atoms with Crippen LogP contribution in [0, 0.1) is 18.8 Å². The number of unbranched alkanes of at least 4 members (excludes halogenated alkanes) is 1. The zero-order valence-electron chi connectivity index (χ0n) is 16.1. The molecule has 1 N–H and O–H groups in total. The van der Waals surface area contributed by atoms with Crippen molar-refractivity contribution in [3.63, 3.8) is 0 Å². The van der Waals surface area contributed by atoms with Crippen LogP contribution in [0.1, 0.15) is 42.0 Å². The quantitative estimate of drug-likeness (QED) is 0.799. The fourth-order valence-electron chi connectivity index (χ4n) is 4.79. The molecular weight excluding hydrogens is 334 g/mol. The molecule has 0 saturated carbocycles. The van der Waals surface area contributed by atoms with Crippen LogP contribution >= 0.6 is 0 Å². The van der Waals surface area contributed by atoms with Crippen LogP contribution in [0.15, 0.2) is 48.8 Å². The van der Waals surface area contributed by atoms with E-state index >= 15 is 0 Å². The monoisotopic (exact) mass is 363 g/mol. The van der Waals surface area contributed by atoms with E-state index in [1.54, 1.807) is 6.20 Å². The molecule has 0 spiro atoms.